The molecule has 108 valence electrons. The van der Waals surface area contributed by atoms with Gasteiger partial charge in [-0.1, -0.05) is 18.3 Å². The number of hydrogen-bond donors (Lipinski definition) is 1. The van der Waals surface area contributed by atoms with E-state index in [1.807, 2.05) is 6.92 Å². The monoisotopic (exact) mass is 304 g/mol. The standard InChI is InChI=1S/C14H13FN4OS/c1-3-13(20)17-12-6-8(2)18-19(12)14-16-10-5-4-9(15)7-11(10)21-14/h4-7H,3H2,1-2H3,(H,17,20). The number of benzene rings is 1. The zero-order chi connectivity index (χ0) is 15.0. The van der Waals surface area contributed by atoms with Gasteiger partial charge in [0, 0.05) is 12.5 Å². The van der Waals surface area contributed by atoms with E-state index in [1.54, 1.807) is 23.7 Å². The van der Waals surface area contributed by atoms with E-state index in [1.165, 1.54) is 23.5 Å². The number of aromatic nitrogens is 3. The fraction of sp³-hybridized carbons (Fsp3) is 0.214. The van der Waals surface area contributed by atoms with Gasteiger partial charge in [-0.05, 0) is 25.1 Å². The zero-order valence-electron chi connectivity index (χ0n) is 11.6. The second-order valence-electron chi connectivity index (χ2n) is 4.59. The normalized spacial score (nSPS) is 11.0. The van der Waals surface area contributed by atoms with Crippen LogP contribution in [-0.4, -0.2) is 20.7 Å². The lowest BCUT2D eigenvalue weighted by atomic mass is 10.3. The number of carbonyl (C=O) groups excluding carboxylic acids is 1. The Kier molecular flexibility index (Phi) is 3.42. The molecule has 7 heteroatoms. The van der Waals surface area contributed by atoms with Crippen molar-refractivity contribution in [3.63, 3.8) is 0 Å². The van der Waals surface area contributed by atoms with Crippen LogP contribution in [0.3, 0.4) is 0 Å². The minimum absolute atomic E-state index is 0.0942. The van der Waals surface area contributed by atoms with Crippen LogP contribution < -0.4 is 5.32 Å². The lowest BCUT2D eigenvalue weighted by Gasteiger charge is -2.04. The molecule has 0 fully saturated rings. The summed E-state index contributed by atoms with van der Waals surface area (Å²) in [6.45, 7) is 3.62. The molecule has 0 saturated heterocycles. The van der Waals surface area contributed by atoms with Gasteiger partial charge in [-0.3, -0.25) is 4.79 Å². The fourth-order valence-electron chi connectivity index (χ4n) is 1.94. The van der Waals surface area contributed by atoms with Gasteiger partial charge in [0.25, 0.3) is 0 Å². The average Bonchev–Trinajstić information content (AvgIpc) is 3.01. The molecule has 0 unspecified atom stereocenters. The zero-order valence-corrected chi connectivity index (χ0v) is 12.4. The number of anilines is 1. The number of fused-ring (bicyclic) bond motifs is 1. The molecule has 3 aromatic rings. The third-order valence-electron chi connectivity index (χ3n) is 2.94. The summed E-state index contributed by atoms with van der Waals surface area (Å²) in [4.78, 5) is 16.0. The number of carbonyl (C=O) groups is 1. The van der Waals surface area contributed by atoms with E-state index >= 15 is 0 Å². The Balaban J connectivity index is 2.07. The Morgan fingerprint density at radius 1 is 1.43 bits per heavy atom. The van der Waals surface area contributed by atoms with Gasteiger partial charge < -0.3 is 5.32 Å². The maximum atomic E-state index is 13.2. The molecule has 1 amide bonds. The van der Waals surface area contributed by atoms with Crippen molar-refractivity contribution >= 4 is 33.3 Å². The Labute approximate surface area is 124 Å². The highest BCUT2D eigenvalue weighted by Gasteiger charge is 2.14. The van der Waals surface area contributed by atoms with Gasteiger partial charge >= 0.3 is 0 Å². The summed E-state index contributed by atoms with van der Waals surface area (Å²) in [6, 6.07) is 6.22. The Hall–Kier alpha value is -2.28. The predicted octanol–water partition coefficient (Wildman–Crippen LogP) is 3.28. The molecule has 5 nitrogen and oxygen atoms in total. The van der Waals surface area contributed by atoms with E-state index in [2.05, 4.69) is 15.4 Å². The number of nitrogens with zero attached hydrogens (tertiary/aromatic N) is 3. The highest BCUT2D eigenvalue weighted by Crippen LogP contribution is 2.27. The largest absolute Gasteiger partial charge is 0.311 e. The molecule has 0 saturated carbocycles. The number of amides is 1. The molecule has 0 aliphatic rings. The third-order valence-corrected chi connectivity index (χ3v) is 3.93. The maximum Gasteiger partial charge on any atom is 0.225 e. The van der Waals surface area contributed by atoms with Crippen molar-refractivity contribution in [1.82, 2.24) is 14.8 Å². The van der Waals surface area contributed by atoms with Gasteiger partial charge in [0.05, 0.1) is 15.9 Å². The van der Waals surface area contributed by atoms with Crippen molar-refractivity contribution in [2.45, 2.75) is 20.3 Å². The number of halogens is 1. The molecule has 0 aliphatic carbocycles. The number of aryl methyl sites for hydroxylation is 1. The lowest BCUT2D eigenvalue weighted by molar-refractivity contribution is -0.115. The molecule has 0 aliphatic heterocycles. The van der Waals surface area contributed by atoms with Gasteiger partial charge in [-0.15, -0.1) is 0 Å². The van der Waals surface area contributed by atoms with E-state index in [0.717, 1.165) is 10.4 Å². The van der Waals surface area contributed by atoms with Gasteiger partial charge in [0.2, 0.25) is 11.0 Å². The van der Waals surface area contributed by atoms with Crippen molar-refractivity contribution in [3.05, 3.63) is 35.8 Å². The summed E-state index contributed by atoms with van der Waals surface area (Å²) in [5.74, 6) is 0.177. The second kappa shape index (κ2) is 5.25. The topological polar surface area (TPSA) is 59.8 Å². The number of thiazole rings is 1. The van der Waals surface area contributed by atoms with Crippen LogP contribution in [0, 0.1) is 12.7 Å². The van der Waals surface area contributed by atoms with Crippen LogP contribution in [0.4, 0.5) is 10.2 Å². The second-order valence-corrected chi connectivity index (χ2v) is 5.60. The maximum absolute atomic E-state index is 13.2. The van der Waals surface area contributed by atoms with Crippen LogP contribution in [0.25, 0.3) is 15.3 Å². The summed E-state index contributed by atoms with van der Waals surface area (Å²) in [5, 5.41) is 7.72. The molecular formula is C14H13FN4OS. The van der Waals surface area contributed by atoms with Crippen LogP contribution in [0.15, 0.2) is 24.3 Å². The minimum Gasteiger partial charge on any atom is -0.311 e. The van der Waals surface area contributed by atoms with Crippen molar-refractivity contribution < 1.29 is 9.18 Å². The number of hydrogen-bond acceptors (Lipinski definition) is 4. The summed E-state index contributed by atoms with van der Waals surface area (Å²) >= 11 is 1.32. The summed E-state index contributed by atoms with van der Waals surface area (Å²) in [7, 11) is 0. The highest BCUT2D eigenvalue weighted by atomic mass is 32.1. The molecule has 2 aromatic heterocycles. The Morgan fingerprint density at radius 3 is 3.00 bits per heavy atom. The summed E-state index contributed by atoms with van der Waals surface area (Å²) < 4.78 is 15.6. The number of nitrogens with one attached hydrogen (secondary N) is 1. The van der Waals surface area contributed by atoms with Gasteiger partial charge in [-0.25, -0.2) is 9.37 Å². The van der Waals surface area contributed by atoms with Crippen LogP contribution in [0.1, 0.15) is 19.0 Å². The molecule has 0 spiro atoms. The van der Waals surface area contributed by atoms with E-state index < -0.39 is 0 Å². The number of rotatable bonds is 3. The van der Waals surface area contributed by atoms with Crippen LogP contribution in [0.5, 0.6) is 0 Å². The first-order valence-electron chi connectivity index (χ1n) is 6.50. The van der Waals surface area contributed by atoms with Crippen molar-refractivity contribution in [2.24, 2.45) is 0 Å². The van der Waals surface area contributed by atoms with E-state index in [0.29, 0.717) is 22.9 Å². The predicted molar refractivity (Wildman–Crippen MR) is 80.4 cm³/mol. The van der Waals surface area contributed by atoms with Crippen LogP contribution in [0.2, 0.25) is 0 Å². The smallest absolute Gasteiger partial charge is 0.225 e. The van der Waals surface area contributed by atoms with Crippen LogP contribution >= 0.6 is 11.3 Å². The molecule has 0 bridgehead atoms. The summed E-state index contributed by atoms with van der Waals surface area (Å²) in [5.41, 5.74) is 1.48. The fourth-order valence-corrected chi connectivity index (χ4v) is 2.90. The molecule has 2 heterocycles. The molecule has 0 radical (unpaired) electrons. The Bertz CT molecular complexity index is 824. The van der Waals surface area contributed by atoms with Crippen molar-refractivity contribution in [2.75, 3.05) is 5.32 Å². The minimum atomic E-state index is -0.297. The van der Waals surface area contributed by atoms with Crippen molar-refractivity contribution in [1.29, 1.82) is 0 Å². The van der Waals surface area contributed by atoms with E-state index in [-0.39, 0.29) is 11.7 Å². The first-order chi connectivity index (χ1) is 10.1. The first-order valence-corrected chi connectivity index (χ1v) is 7.31. The SMILES string of the molecule is CCC(=O)Nc1cc(C)nn1-c1nc2ccc(F)cc2s1. The molecule has 1 aromatic carbocycles. The third kappa shape index (κ3) is 2.64. The van der Waals surface area contributed by atoms with Gasteiger partial charge in [0.15, 0.2) is 0 Å². The van der Waals surface area contributed by atoms with E-state index in [9.17, 15) is 9.18 Å². The van der Waals surface area contributed by atoms with Gasteiger partial charge in [-0.2, -0.15) is 9.78 Å². The van der Waals surface area contributed by atoms with Crippen molar-refractivity contribution in [3.8, 4) is 5.13 Å². The molecular weight excluding hydrogens is 291 g/mol. The first kappa shape index (κ1) is 13.7. The molecule has 21 heavy (non-hydrogen) atoms. The summed E-state index contributed by atoms with van der Waals surface area (Å²) in [6.07, 6.45) is 0.384. The Morgan fingerprint density at radius 2 is 2.24 bits per heavy atom. The molecule has 3 rings (SSSR count). The van der Waals surface area contributed by atoms with Gasteiger partial charge in [0.1, 0.15) is 11.6 Å². The van der Waals surface area contributed by atoms with E-state index in [4.69, 9.17) is 0 Å². The van der Waals surface area contributed by atoms with Crippen LogP contribution in [-0.2, 0) is 4.79 Å². The molecule has 1 N–H and O–H groups in total. The lowest BCUT2D eigenvalue weighted by Crippen LogP contribution is -2.13. The molecule has 0 atom stereocenters. The quantitative estimate of drug-likeness (QED) is 0.808. The highest BCUT2D eigenvalue weighted by molar-refractivity contribution is 7.20. The average molecular weight is 304 g/mol.